The number of aryl methyl sites for hydroxylation is 1. The van der Waals surface area contributed by atoms with Crippen LogP contribution in [0.15, 0.2) is 36.4 Å². The summed E-state index contributed by atoms with van der Waals surface area (Å²) in [5.41, 5.74) is 4.10. The van der Waals surface area contributed by atoms with Gasteiger partial charge in [-0.3, -0.25) is 0 Å². The Hall–Kier alpha value is -1.87. The molecule has 2 aromatic rings. The predicted molar refractivity (Wildman–Crippen MR) is 80.5 cm³/mol. The Labute approximate surface area is 119 Å². The smallest absolute Gasteiger partial charge is 0.126 e. The van der Waals surface area contributed by atoms with Crippen molar-refractivity contribution in [3.63, 3.8) is 0 Å². The van der Waals surface area contributed by atoms with Gasteiger partial charge in [-0.25, -0.2) is 4.39 Å². The van der Waals surface area contributed by atoms with Crippen molar-refractivity contribution in [2.75, 3.05) is 13.7 Å². The molecule has 0 aliphatic carbocycles. The number of hydrogen-bond donors (Lipinski definition) is 1. The van der Waals surface area contributed by atoms with Crippen molar-refractivity contribution in [2.45, 2.75) is 20.4 Å². The molecular weight excluding hydrogens is 253 g/mol. The number of halogens is 1. The summed E-state index contributed by atoms with van der Waals surface area (Å²) in [6.45, 7) is 5.56. The normalized spacial score (nSPS) is 10.6. The topological polar surface area (TPSA) is 21.3 Å². The minimum Gasteiger partial charge on any atom is -0.496 e. The van der Waals surface area contributed by atoms with Crippen LogP contribution in [0, 0.1) is 12.7 Å². The van der Waals surface area contributed by atoms with Crippen LogP contribution in [0.3, 0.4) is 0 Å². The van der Waals surface area contributed by atoms with Crippen molar-refractivity contribution in [1.82, 2.24) is 5.32 Å². The number of ether oxygens (including phenoxy) is 1. The zero-order chi connectivity index (χ0) is 14.5. The fourth-order valence-electron chi connectivity index (χ4n) is 2.26. The van der Waals surface area contributed by atoms with Crippen LogP contribution in [0.1, 0.15) is 18.1 Å². The lowest BCUT2D eigenvalue weighted by Crippen LogP contribution is -2.12. The second kappa shape index (κ2) is 6.53. The molecule has 2 nitrogen and oxygen atoms in total. The van der Waals surface area contributed by atoms with Crippen molar-refractivity contribution < 1.29 is 9.13 Å². The maximum Gasteiger partial charge on any atom is 0.126 e. The van der Waals surface area contributed by atoms with Gasteiger partial charge >= 0.3 is 0 Å². The molecule has 2 rings (SSSR count). The quantitative estimate of drug-likeness (QED) is 0.891. The summed E-state index contributed by atoms with van der Waals surface area (Å²) in [5, 5.41) is 3.25. The molecule has 1 N–H and O–H groups in total. The Morgan fingerprint density at radius 3 is 2.60 bits per heavy atom. The van der Waals surface area contributed by atoms with E-state index in [9.17, 15) is 4.39 Å². The zero-order valence-corrected chi connectivity index (χ0v) is 12.2. The van der Waals surface area contributed by atoms with Gasteiger partial charge in [-0.1, -0.05) is 24.6 Å². The molecule has 0 saturated heterocycles. The first-order valence-electron chi connectivity index (χ1n) is 6.80. The fraction of sp³-hybridized carbons (Fsp3) is 0.294. The molecule has 2 aromatic carbocycles. The molecule has 3 heteroatoms. The molecule has 0 spiro atoms. The Morgan fingerprint density at radius 2 is 1.90 bits per heavy atom. The number of hydrogen-bond acceptors (Lipinski definition) is 2. The van der Waals surface area contributed by atoms with Crippen LogP contribution in [0.2, 0.25) is 0 Å². The first kappa shape index (κ1) is 14.5. The summed E-state index contributed by atoms with van der Waals surface area (Å²) in [4.78, 5) is 0. The lowest BCUT2D eigenvalue weighted by molar-refractivity contribution is 0.416. The van der Waals surface area contributed by atoms with E-state index in [-0.39, 0.29) is 5.82 Å². The third kappa shape index (κ3) is 3.17. The predicted octanol–water partition coefficient (Wildman–Crippen LogP) is 3.92. The largest absolute Gasteiger partial charge is 0.496 e. The first-order valence-corrected chi connectivity index (χ1v) is 6.80. The summed E-state index contributed by atoms with van der Waals surface area (Å²) >= 11 is 0. The molecular formula is C17H20FNO. The van der Waals surface area contributed by atoms with E-state index in [4.69, 9.17) is 4.74 Å². The summed E-state index contributed by atoms with van der Waals surface area (Å²) < 4.78 is 18.9. The molecule has 0 radical (unpaired) electrons. The molecule has 0 saturated carbocycles. The van der Waals surface area contributed by atoms with Crippen LogP contribution >= 0.6 is 0 Å². The van der Waals surface area contributed by atoms with Gasteiger partial charge in [0.05, 0.1) is 7.11 Å². The summed E-state index contributed by atoms with van der Waals surface area (Å²) in [6.07, 6.45) is 0. The standard InChI is InChI=1S/C17H20FNO/c1-4-19-11-13-10-14(18)6-7-15(13)16-9-12(2)5-8-17(16)20-3/h5-10,19H,4,11H2,1-3H3. The van der Waals surface area contributed by atoms with Gasteiger partial charge in [-0.05, 0) is 48.9 Å². The van der Waals surface area contributed by atoms with Crippen molar-refractivity contribution in [3.8, 4) is 16.9 Å². The van der Waals surface area contributed by atoms with E-state index in [1.54, 1.807) is 13.2 Å². The van der Waals surface area contributed by atoms with Crippen LogP contribution in [0.5, 0.6) is 5.75 Å². The van der Waals surface area contributed by atoms with Crippen molar-refractivity contribution in [3.05, 3.63) is 53.3 Å². The highest BCUT2D eigenvalue weighted by atomic mass is 19.1. The Balaban J connectivity index is 2.53. The third-order valence-corrected chi connectivity index (χ3v) is 3.28. The SMILES string of the molecule is CCNCc1cc(F)ccc1-c1cc(C)ccc1OC. The van der Waals surface area contributed by atoms with E-state index in [1.807, 2.05) is 32.0 Å². The van der Waals surface area contributed by atoms with Gasteiger partial charge in [0.15, 0.2) is 0 Å². The molecule has 0 aliphatic heterocycles. The zero-order valence-electron chi connectivity index (χ0n) is 12.2. The minimum absolute atomic E-state index is 0.215. The molecule has 106 valence electrons. The Morgan fingerprint density at radius 1 is 1.10 bits per heavy atom. The van der Waals surface area contributed by atoms with Crippen LogP contribution in [-0.2, 0) is 6.54 Å². The molecule has 0 unspecified atom stereocenters. The highest BCUT2D eigenvalue weighted by Crippen LogP contribution is 2.33. The van der Waals surface area contributed by atoms with Gasteiger partial charge in [0, 0.05) is 12.1 Å². The lowest BCUT2D eigenvalue weighted by Gasteiger charge is -2.14. The fourth-order valence-corrected chi connectivity index (χ4v) is 2.26. The molecule has 20 heavy (non-hydrogen) atoms. The molecule has 0 atom stereocenters. The molecule has 0 bridgehead atoms. The maximum atomic E-state index is 13.5. The number of nitrogens with one attached hydrogen (secondary N) is 1. The monoisotopic (exact) mass is 273 g/mol. The van der Waals surface area contributed by atoms with Gasteiger partial charge in [0.25, 0.3) is 0 Å². The molecule has 0 amide bonds. The third-order valence-electron chi connectivity index (χ3n) is 3.28. The van der Waals surface area contributed by atoms with E-state index in [0.717, 1.165) is 34.5 Å². The first-order chi connectivity index (χ1) is 9.65. The second-order valence-corrected chi connectivity index (χ2v) is 4.79. The highest BCUT2D eigenvalue weighted by molar-refractivity contribution is 5.74. The lowest BCUT2D eigenvalue weighted by atomic mass is 9.97. The van der Waals surface area contributed by atoms with Crippen molar-refractivity contribution in [2.24, 2.45) is 0 Å². The molecule has 0 fully saturated rings. The number of methoxy groups -OCH3 is 1. The van der Waals surface area contributed by atoms with Gasteiger partial charge in [-0.2, -0.15) is 0 Å². The highest BCUT2D eigenvalue weighted by Gasteiger charge is 2.11. The minimum atomic E-state index is -0.215. The van der Waals surface area contributed by atoms with Gasteiger partial charge in [-0.15, -0.1) is 0 Å². The van der Waals surface area contributed by atoms with E-state index in [2.05, 4.69) is 11.4 Å². The number of rotatable bonds is 5. The number of benzene rings is 2. The van der Waals surface area contributed by atoms with Crippen LogP contribution in [0.25, 0.3) is 11.1 Å². The summed E-state index contributed by atoms with van der Waals surface area (Å²) in [7, 11) is 1.65. The van der Waals surface area contributed by atoms with Gasteiger partial charge < -0.3 is 10.1 Å². The van der Waals surface area contributed by atoms with Crippen LogP contribution in [-0.4, -0.2) is 13.7 Å². The van der Waals surface area contributed by atoms with Crippen molar-refractivity contribution >= 4 is 0 Å². The average Bonchev–Trinajstić information content (AvgIpc) is 2.45. The van der Waals surface area contributed by atoms with Crippen LogP contribution in [0.4, 0.5) is 4.39 Å². The summed E-state index contributed by atoms with van der Waals surface area (Å²) in [5.74, 6) is 0.591. The van der Waals surface area contributed by atoms with Crippen molar-refractivity contribution in [1.29, 1.82) is 0 Å². The molecule has 0 aliphatic rings. The maximum absolute atomic E-state index is 13.5. The average molecular weight is 273 g/mol. The second-order valence-electron chi connectivity index (χ2n) is 4.79. The Kier molecular flexibility index (Phi) is 4.74. The van der Waals surface area contributed by atoms with Gasteiger partial charge in [0.2, 0.25) is 0 Å². The van der Waals surface area contributed by atoms with Gasteiger partial charge in [0.1, 0.15) is 11.6 Å². The Bertz CT molecular complexity index is 596. The van der Waals surface area contributed by atoms with E-state index in [0.29, 0.717) is 6.54 Å². The van der Waals surface area contributed by atoms with Crippen LogP contribution < -0.4 is 10.1 Å². The van der Waals surface area contributed by atoms with E-state index >= 15 is 0 Å². The molecule has 0 aromatic heterocycles. The van der Waals surface area contributed by atoms with E-state index in [1.165, 1.54) is 6.07 Å². The molecule has 0 heterocycles. The summed E-state index contributed by atoms with van der Waals surface area (Å²) in [6, 6.07) is 10.9. The van der Waals surface area contributed by atoms with E-state index < -0.39 is 0 Å².